The molecule has 2 unspecified atom stereocenters. The summed E-state index contributed by atoms with van der Waals surface area (Å²) in [5.74, 6) is 1.51. The Hall–Kier alpha value is -1.23. The molecule has 1 fully saturated rings. The molecule has 1 aromatic heterocycles. The summed E-state index contributed by atoms with van der Waals surface area (Å²) in [6, 6.07) is 0.504. The van der Waals surface area contributed by atoms with Gasteiger partial charge in [0.2, 0.25) is 0 Å². The molecule has 2 rings (SSSR count). The fourth-order valence-electron chi connectivity index (χ4n) is 2.59. The van der Waals surface area contributed by atoms with Gasteiger partial charge in [0, 0.05) is 6.04 Å². The molecule has 0 aliphatic heterocycles. The lowest BCUT2D eigenvalue weighted by Crippen LogP contribution is -2.20. The first-order valence-electron chi connectivity index (χ1n) is 7.07. The van der Waals surface area contributed by atoms with Crippen molar-refractivity contribution in [3.8, 4) is 0 Å². The smallest absolute Gasteiger partial charge is 0.159 e. The number of rotatable bonds is 6. The van der Waals surface area contributed by atoms with E-state index < -0.39 is 0 Å². The SMILES string of the molecule is CCc1nnc(NC2CC2CC)c(C(N)=S)c1CC. The Labute approximate surface area is 120 Å². The Kier molecular flexibility index (Phi) is 4.34. The second-order valence-corrected chi connectivity index (χ2v) is 5.51. The van der Waals surface area contributed by atoms with Crippen molar-refractivity contribution >= 4 is 23.0 Å². The number of hydrogen-bond acceptors (Lipinski definition) is 4. The molecule has 1 heterocycles. The quantitative estimate of drug-likeness (QED) is 0.783. The molecule has 2 atom stereocenters. The van der Waals surface area contributed by atoms with Crippen molar-refractivity contribution in [2.75, 3.05) is 5.32 Å². The van der Waals surface area contributed by atoms with Gasteiger partial charge in [-0.15, -0.1) is 5.10 Å². The summed E-state index contributed by atoms with van der Waals surface area (Å²) in [7, 11) is 0. The average molecular weight is 278 g/mol. The lowest BCUT2D eigenvalue weighted by molar-refractivity contribution is 0.770. The second kappa shape index (κ2) is 5.82. The van der Waals surface area contributed by atoms with Crippen molar-refractivity contribution in [1.82, 2.24) is 10.2 Å². The van der Waals surface area contributed by atoms with E-state index in [4.69, 9.17) is 18.0 Å². The van der Waals surface area contributed by atoms with Crippen LogP contribution < -0.4 is 11.1 Å². The van der Waals surface area contributed by atoms with Gasteiger partial charge in [0.1, 0.15) is 4.99 Å². The van der Waals surface area contributed by atoms with E-state index in [9.17, 15) is 0 Å². The van der Waals surface area contributed by atoms with Crippen LogP contribution in [-0.4, -0.2) is 21.2 Å². The fourth-order valence-corrected chi connectivity index (χ4v) is 2.81. The van der Waals surface area contributed by atoms with Crippen LogP contribution in [0.4, 0.5) is 5.82 Å². The number of hydrogen-bond donors (Lipinski definition) is 2. The number of nitrogens with zero attached hydrogens (tertiary/aromatic N) is 2. The maximum Gasteiger partial charge on any atom is 0.159 e. The number of nitrogens with two attached hydrogens (primary N) is 1. The molecule has 1 aliphatic carbocycles. The number of aryl methyl sites for hydroxylation is 1. The van der Waals surface area contributed by atoms with Gasteiger partial charge in [-0.25, -0.2) is 0 Å². The Balaban J connectivity index is 2.34. The summed E-state index contributed by atoms with van der Waals surface area (Å²) < 4.78 is 0. The van der Waals surface area contributed by atoms with Crippen molar-refractivity contribution in [3.63, 3.8) is 0 Å². The molecule has 0 aromatic carbocycles. The van der Waals surface area contributed by atoms with E-state index in [0.29, 0.717) is 11.0 Å². The van der Waals surface area contributed by atoms with Crippen molar-refractivity contribution in [3.05, 3.63) is 16.8 Å². The summed E-state index contributed by atoms with van der Waals surface area (Å²) in [5.41, 5.74) is 8.93. The van der Waals surface area contributed by atoms with Gasteiger partial charge in [-0.2, -0.15) is 5.10 Å². The van der Waals surface area contributed by atoms with Crippen molar-refractivity contribution in [2.45, 2.75) is 52.5 Å². The molecule has 1 aromatic rings. The molecule has 0 radical (unpaired) electrons. The third-order valence-corrected chi connectivity index (χ3v) is 4.07. The Morgan fingerprint density at radius 1 is 1.32 bits per heavy atom. The first-order chi connectivity index (χ1) is 9.12. The van der Waals surface area contributed by atoms with Gasteiger partial charge >= 0.3 is 0 Å². The minimum Gasteiger partial charge on any atom is -0.389 e. The summed E-state index contributed by atoms with van der Waals surface area (Å²) >= 11 is 5.21. The lowest BCUT2D eigenvalue weighted by atomic mass is 10.0. The van der Waals surface area contributed by atoms with Gasteiger partial charge in [-0.1, -0.05) is 39.4 Å². The average Bonchev–Trinajstić information content (AvgIpc) is 3.15. The summed E-state index contributed by atoms with van der Waals surface area (Å²) in [6.07, 6.45) is 4.13. The van der Waals surface area contributed by atoms with Crippen LogP contribution in [0.1, 0.15) is 50.4 Å². The summed E-state index contributed by atoms with van der Waals surface area (Å²) in [6.45, 7) is 6.39. The van der Waals surface area contributed by atoms with Gasteiger partial charge in [0.15, 0.2) is 5.82 Å². The van der Waals surface area contributed by atoms with Crippen LogP contribution in [0.25, 0.3) is 0 Å². The lowest BCUT2D eigenvalue weighted by Gasteiger charge is -2.15. The minimum absolute atomic E-state index is 0.414. The molecule has 0 bridgehead atoms. The fraction of sp³-hybridized carbons (Fsp3) is 0.643. The zero-order valence-electron chi connectivity index (χ0n) is 11.9. The first kappa shape index (κ1) is 14.2. The predicted octanol–water partition coefficient (Wildman–Crippen LogP) is 2.45. The van der Waals surface area contributed by atoms with E-state index in [2.05, 4.69) is 36.3 Å². The van der Waals surface area contributed by atoms with E-state index in [0.717, 1.165) is 41.4 Å². The van der Waals surface area contributed by atoms with Gasteiger partial charge in [0.05, 0.1) is 11.3 Å². The zero-order valence-corrected chi connectivity index (χ0v) is 12.7. The van der Waals surface area contributed by atoms with Gasteiger partial charge < -0.3 is 11.1 Å². The van der Waals surface area contributed by atoms with Crippen LogP contribution in [0.5, 0.6) is 0 Å². The predicted molar refractivity (Wildman–Crippen MR) is 82.5 cm³/mol. The highest BCUT2D eigenvalue weighted by atomic mass is 32.1. The van der Waals surface area contributed by atoms with Crippen LogP contribution in [0.15, 0.2) is 0 Å². The van der Waals surface area contributed by atoms with Gasteiger partial charge in [0.25, 0.3) is 0 Å². The van der Waals surface area contributed by atoms with Crippen molar-refractivity contribution < 1.29 is 0 Å². The number of aromatic nitrogens is 2. The van der Waals surface area contributed by atoms with E-state index in [-0.39, 0.29) is 0 Å². The maximum atomic E-state index is 5.90. The minimum atomic E-state index is 0.414. The standard InChI is InChI=1S/C14H22N4S/c1-4-8-7-11(8)16-14-12(13(15)19)9(5-2)10(6-3)17-18-14/h8,11H,4-7H2,1-3H3,(H2,15,19)(H,16,18). The molecule has 3 N–H and O–H groups in total. The second-order valence-electron chi connectivity index (χ2n) is 5.08. The number of nitrogens with one attached hydrogen (secondary N) is 1. The number of anilines is 1. The molecule has 19 heavy (non-hydrogen) atoms. The van der Waals surface area contributed by atoms with Crippen LogP contribution in [0.3, 0.4) is 0 Å². The molecule has 0 amide bonds. The third kappa shape index (κ3) is 2.86. The highest BCUT2D eigenvalue weighted by Crippen LogP contribution is 2.36. The highest BCUT2D eigenvalue weighted by molar-refractivity contribution is 7.80. The van der Waals surface area contributed by atoms with Crippen molar-refractivity contribution in [1.29, 1.82) is 0 Å². The molecule has 104 valence electrons. The monoisotopic (exact) mass is 278 g/mol. The van der Waals surface area contributed by atoms with Crippen LogP contribution >= 0.6 is 12.2 Å². The third-order valence-electron chi connectivity index (χ3n) is 3.86. The van der Waals surface area contributed by atoms with E-state index in [1.807, 2.05) is 0 Å². The maximum absolute atomic E-state index is 5.90. The highest BCUT2D eigenvalue weighted by Gasteiger charge is 2.36. The largest absolute Gasteiger partial charge is 0.389 e. The van der Waals surface area contributed by atoms with E-state index in [1.165, 1.54) is 12.8 Å². The molecular weight excluding hydrogens is 256 g/mol. The van der Waals surface area contributed by atoms with E-state index in [1.54, 1.807) is 0 Å². The number of thiocarbonyl (C=S) groups is 1. The van der Waals surface area contributed by atoms with Gasteiger partial charge in [-0.05, 0) is 30.7 Å². The normalized spacial score (nSPS) is 21.2. The molecule has 0 saturated heterocycles. The molecule has 4 nitrogen and oxygen atoms in total. The zero-order chi connectivity index (χ0) is 14.0. The molecule has 1 aliphatic rings. The molecular formula is C14H22N4S. The molecule has 0 spiro atoms. The van der Waals surface area contributed by atoms with Gasteiger partial charge in [-0.3, -0.25) is 0 Å². The summed E-state index contributed by atoms with van der Waals surface area (Å²) in [4.78, 5) is 0.414. The molecule has 5 heteroatoms. The Bertz CT molecular complexity index is 487. The van der Waals surface area contributed by atoms with Crippen LogP contribution in [0, 0.1) is 5.92 Å². The Morgan fingerprint density at radius 3 is 2.53 bits per heavy atom. The molecule has 1 saturated carbocycles. The van der Waals surface area contributed by atoms with Crippen molar-refractivity contribution in [2.24, 2.45) is 11.7 Å². The van der Waals surface area contributed by atoms with E-state index >= 15 is 0 Å². The van der Waals surface area contributed by atoms with Crippen LogP contribution in [-0.2, 0) is 12.8 Å². The summed E-state index contributed by atoms with van der Waals surface area (Å²) in [5, 5.41) is 12.1. The first-order valence-corrected chi connectivity index (χ1v) is 7.47. The topological polar surface area (TPSA) is 63.8 Å². The Morgan fingerprint density at radius 2 is 2.05 bits per heavy atom. The van der Waals surface area contributed by atoms with Crippen LogP contribution in [0.2, 0.25) is 0 Å².